The van der Waals surface area contributed by atoms with Crippen LogP contribution < -0.4 is 18.9 Å². The van der Waals surface area contributed by atoms with E-state index in [-0.39, 0.29) is 31.4 Å². The molecule has 0 radical (unpaired) electrons. The summed E-state index contributed by atoms with van der Waals surface area (Å²) in [6, 6.07) is 21.4. The van der Waals surface area contributed by atoms with Gasteiger partial charge in [-0.1, -0.05) is 44.2 Å². The van der Waals surface area contributed by atoms with Gasteiger partial charge in [-0.05, 0) is 84.2 Å². The fourth-order valence-corrected chi connectivity index (χ4v) is 4.72. The zero-order valence-corrected chi connectivity index (χ0v) is 24.3. The van der Waals surface area contributed by atoms with Gasteiger partial charge < -0.3 is 28.6 Å². The summed E-state index contributed by atoms with van der Waals surface area (Å²) in [4.78, 5) is 25.1. The molecule has 0 saturated carbocycles. The number of rotatable bonds is 12. The van der Waals surface area contributed by atoms with Crippen LogP contribution in [0, 0.1) is 0 Å². The number of likely N-dealkylation sites (N-methyl/N-ethyl adjacent to an activating group) is 1. The van der Waals surface area contributed by atoms with E-state index in [0.717, 1.165) is 52.3 Å². The monoisotopic (exact) mass is 559 g/mol. The Morgan fingerprint density at radius 1 is 0.829 bits per heavy atom. The number of hydrogen-bond donors (Lipinski definition) is 0. The summed E-state index contributed by atoms with van der Waals surface area (Å²) in [5.74, 6) is 1.92. The molecule has 0 fully saturated rings. The SMILES string of the molecule is CCC(=C(c1ccc(OCC(CN(C)CC)OC(C)=O)cc1)c1ccc(OC(C)=O)cc1)c1ccc2c(c1)OCO2. The summed E-state index contributed by atoms with van der Waals surface area (Å²) in [6.45, 7) is 8.84. The Labute approximate surface area is 241 Å². The molecule has 0 aliphatic carbocycles. The van der Waals surface area contributed by atoms with Gasteiger partial charge in [-0.25, -0.2) is 0 Å². The number of carbonyl (C=O) groups is 2. The quantitative estimate of drug-likeness (QED) is 0.152. The minimum absolute atomic E-state index is 0.211. The van der Waals surface area contributed by atoms with Crippen LogP contribution in [0.4, 0.5) is 0 Å². The molecule has 0 N–H and O–H groups in total. The summed E-state index contributed by atoms with van der Waals surface area (Å²) < 4.78 is 27.9. The predicted octanol–water partition coefficient (Wildman–Crippen LogP) is 5.97. The highest BCUT2D eigenvalue weighted by Gasteiger charge is 2.19. The zero-order valence-electron chi connectivity index (χ0n) is 24.3. The van der Waals surface area contributed by atoms with Crippen molar-refractivity contribution in [1.82, 2.24) is 4.90 Å². The van der Waals surface area contributed by atoms with Crippen molar-refractivity contribution in [2.24, 2.45) is 0 Å². The third-order valence-corrected chi connectivity index (χ3v) is 6.75. The normalized spacial score (nSPS) is 13.4. The summed E-state index contributed by atoms with van der Waals surface area (Å²) in [7, 11) is 1.98. The Kier molecular flexibility index (Phi) is 10.0. The molecule has 4 rings (SSSR count). The van der Waals surface area contributed by atoms with E-state index in [9.17, 15) is 9.59 Å². The Bertz CT molecular complexity index is 1380. The van der Waals surface area contributed by atoms with Crippen molar-refractivity contribution in [3.8, 4) is 23.0 Å². The van der Waals surface area contributed by atoms with Crippen LogP contribution in [0.5, 0.6) is 23.0 Å². The third-order valence-electron chi connectivity index (χ3n) is 6.75. The van der Waals surface area contributed by atoms with Crippen LogP contribution in [0.15, 0.2) is 66.7 Å². The Hall–Kier alpha value is -4.30. The van der Waals surface area contributed by atoms with Crippen LogP contribution in [0.2, 0.25) is 0 Å². The van der Waals surface area contributed by atoms with E-state index >= 15 is 0 Å². The molecule has 1 aliphatic rings. The maximum Gasteiger partial charge on any atom is 0.308 e. The van der Waals surface area contributed by atoms with E-state index in [0.29, 0.717) is 18.0 Å². The first-order valence-electron chi connectivity index (χ1n) is 13.8. The zero-order chi connectivity index (χ0) is 29.4. The van der Waals surface area contributed by atoms with Crippen LogP contribution in [0.3, 0.4) is 0 Å². The summed E-state index contributed by atoms with van der Waals surface area (Å²) in [5.41, 5.74) is 5.15. The van der Waals surface area contributed by atoms with Crippen molar-refractivity contribution in [2.75, 3.05) is 33.5 Å². The highest BCUT2D eigenvalue weighted by Crippen LogP contribution is 2.40. The van der Waals surface area contributed by atoms with Crippen LogP contribution in [-0.2, 0) is 14.3 Å². The van der Waals surface area contributed by atoms with Crippen molar-refractivity contribution in [3.05, 3.63) is 83.4 Å². The van der Waals surface area contributed by atoms with Crippen molar-refractivity contribution < 1.29 is 33.3 Å². The smallest absolute Gasteiger partial charge is 0.308 e. The van der Waals surface area contributed by atoms with Crippen LogP contribution in [-0.4, -0.2) is 56.5 Å². The summed E-state index contributed by atoms with van der Waals surface area (Å²) in [5, 5.41) is 0. The van der Waals surface area contributed by atoms with Crippen LogP contribution in [0.25, 0.3) is 11.1 Å². The number of fused-ring (bicyclic) bond motifs is 1. The van der Waals surface area contributed by atoms with Gasteiger partial charge in [0.15, 0.2) is 11.5 Å². The number of carbonyl (C=O) groups excluding carboxylic acids is 2. The highest BCUT2D eigenvalue weighted by atomic mass is 16.7. The summed E-state index contributed by atoms with van der Waals surface area (Å²) in [6.07, 6.45) is 0.384. The maximum absolute atomic E-state index is 11.6. The van der Waals surface area contributed by atoms with Gasteiger partial charge >= 0.3 is 11.9 Å². The molecule has 0 saturated heterocycles. The van der Waals surface area contributed by atoms with E-state index in [1.54, 1.807) is 12.1 Å². The molecule has 1 heterocycles. The molecule has 8 nitrogen and oxygen atoms in total. The first-order valence-corrected chi connectivity index (χ1v) is 13.8. The molecular weight excluding hydrogens is 522 g/mol. The Morgan fingerprint density at radius 2 is 1.44 bits per heavy atom. The second-order valence-electron chi connectivity index (χ2n) is 9.81. The van der Waals surface area contributed by atoms with Gasteiger partial charge in [0.2, 0.25) is 6.79 Å². The molecule has 8 heteroatoms. The van der Waals surface area contributed by atoms with E-state index < -0.39 is 0 Å². The van der Waals surface area contributed by atoms with Crippen LogP contribution in [0.1, 0.15) is 50.8 Å². The molecule has 1 atom stereocenters. The number of hydrogen-bond acceptors (Lipinski definition) is 8. The molecule has 216 valence electrons. The molecule has 3 aromatic rings. The first kappa shape index (κ1) is 29.7. The Morgan fingerprint density at radius 3 is 2.02 bits per heavy atom. The van der Waals surface area contributed by atoms with Gasteiger partial charge in [0, 0.05) is 20.4 Å². The van der Waals surface area contributed by atoms with Crippen molar-refractivity contribution >= 4 is 23.1 Å². The lowest BCUT2D eigenvalue weighted by molar-refractivity contribution is -0.148. The van der Waals surface area contributed by atoms with Crippen molar-refractivity contribution in [2.45, 2.75) is 40.2 Å². The molecule has 1 aliphatic heterocycles. The molecule has 0 spiro atoms. The third kappa shape index (κ3) is 7.89. The number of esters is 2. The molecule has 3 aromatic carbocycles. The fourth-order valence-electron chi connectivity index (χ4n) is 4.72. The molecule has 0 aromatic heterocycles. The number of allylic oxidation sites excluding steroid dienone is 1. The lowest BCUT2D eigenvalue weighted by atomic mass is 9.88. The van der Waals surface area contributed by atoms with Gasteiger partial charge in [0.25, 0.3) is 0 Å². The van der Waals surface area contributed by atoms with Crippen molar-refractivity contribution in [3.63, 3.8) is 0 Å². The van der Waals surface area contributed by atoms with Crippen molar-refractivity contribution in [1.29, 1.82) is 0 Å². The lowest BCUT2D eigenvalue weighted by Gasteiger charge is -2.23. The van der Waals surface area contributed by atoms with Gasteiger partial charge in [0.1, 0.15) is 24.2 Å². The predicted molar refractivity (Wildman–Crippen MR) is 157 cm³/mol. The van der Waals surface area contributed by atoms with E-state index in [4.69, 9.17) is 23.7 Å². The van der Waals surface area contributed by atoms with Gasteiger partial charge in [-0.2, -0.15) is 0 Å². The largest absolute Gasteiger partial charge is 0.490 e. The molecular formula is C33H37NO7. The van der Waals surface area contributed by atoms with Crippen LogP contribution >= 0.6 is 0 Å². The second kappa shape index (κ2) is 13.9. The molecule has 1 unspecified atom stereocenters. The fraction of sp³-hybridized carbons (Fsp3) is 0.333. The lowest BCUT2D eigenvalue weighted by Crippen LogP contribution is -2.36. The van der Waals surface area contributed by atoms with E-state index in [1.807, 2.05) is 68.6 Å². The molecule has 0 bridgehead atoms. The molecule has 0 amide bonds. The van der Waals surface area contributed by atoms with Gasteiger partial charge in [0.05, 0.1) is 0 Å². The Balaban J connectivity index is 1.67. The summed E-state index contributed by atoms with van der Waals surface area (Å²) >= 11 is 0. The number of nitrogens with zero attached hydrogens (tertiary/aromatic N) is 1. The van der Waals surface area contributed by atoms with E-state index in [2.05, 4.69) is 11.8 Å². The average molecular weight is 560 g/mol. The average Bonchev–Trinajstić information content (AvgIpc) is 3.43. The standard InChI is InChI=1S/C33H37NO7/c1-6-30(26-12-17-31-32(18-26)39-21-38-31)33(25-10-15-28(16-11-25)40-22(3)35)24-8-13-27(14-9-24)37-20-29(41-23(4)36)19-34(5)7-2/h8-18,29H,6-7,19-21H2,1-5H3. The first-order chi connectivity index (χ1) is 19.8. The maximum atomic E-state index is 11.6. The highest BCUT2D eigenvalue weighted by molar-refractivity contribution is 5.99. The number of benzene rings is 3. The van der Waals surface area contributed by atoms with E-state index in [1.165, 1.54) is 13.8 Å². The molecule has 41 heavy (non-hydrogen) atoms. The van der Waals surface area contributed by atoms with Gasteiger partial charge in [-0.3, -0.25) is 9.59 Å². The van der Waals surface area contributed by atoms with Gasteiger partial charge in [-0.15, -0.1) is 0 Å². The minimum Gasteiger partial charge on any atom is -0.490 e. The minimum atomic E-state index is -0.374. The topological polar surface area (TPSA) is 83.5 Å². The number of ether oxygens (including phenoxy) is 5. The second-order valence-corrected chi connectivity index (χ2v) is 9.81.